The molecule has 0 amide bonds. The van der Waals surface area contributed by atoms with Crippen molar-refractivity contribution >= 4 is 0 Å². The van der Waals surface area contributed by atoms with Crippen LogP contribution in [0.3, 0.4) is 0 Å². The van der Waals surface area contributed by atoms with Crippen LogP contribution in [-0.2, 0) is 0 Å². The lowest BCUT2D eigenvalue weighted by atomic mass is 9.96. The molecule has 0 radical (unpaired) electrons. The summed E-state index contributed by atoms with van der Waals surface area (Å²) in [5.74, 6) is 0.789. The quantitative estimate of drug-likeness (QED) is 0.454. The van der Waals surface area contributed by atoms with Crippen LogP contribution in [0.5, 0.6) is 0 Å². The summed E-state index contributed by atoms with van der Waals surface area (Å²) >= 11 is 0. The van der Waals surface area contributed by atoms with Crippen molar-refractivity contribution in [3.05, 3.63) is 11.9 Å². The molecule has 0 spiro atoms. The molecule has 0 bridgehead atoms. The Labute approximate surface area is 49.4 Å². The predicted octanol–water partition coefficient (Wildman–Crippen LogP) is 2.66. The molecule has 1 heteroatoms. The molecule has 0 aliphatic heterocycles. The van der Waals surface area contributed by atoms with Gasteiger partial charge in [-0.25, -0.2) is 4.39 Å². The van der Waals surface area contributed by atoms with E-state index in [1.54, 1.807) is 6.08 Å². The summed E-state index contributed by atoms with van der Waals surface area (Å²) in [6, 6.07) is 0. The molecule has 0 saturated carbocycles. The Morgan fingerprint density at radius 3 is 2.88 bits per heavy atom. The largest absolute Gasteiger partial charge is 0.212 e. The van der Waals surface area contributed by atoms with Crippen LogP contribution in [-0.4, -0.2) is 0 Å². The maximum absolute atomic E-state index is 12.2. The molecule has 0 aromatic carbocycles. The molecule has 1 aliphatic carbocycles. The second-order valence-corrected chi connectivity index (χ2v) is 2.53. The third kappa shape index (κ3) is 1.32. The highest BCUT2D eigenvalue weighted by molar-refractivity contribution is 4.96. The Morgan fingerprint density at radius 1 is 1.75 bits per heavy atom. The molecule has 0 nitrogen and oxygen atoms in total. The Morgan fingerprint density at radius 2 is 2.50 bits per heavy atom. The average Bonchev–Trinajstić information content (AvgIpc) is 1.77. The normalized spacial score (nSPS) is 29.8. The van der Waals surface area contributed by atoms with Crippen LogP contribution in [0, 0.1) is 5.92 Å². The fraction of sp³-hybridized carbons (Fsp3) is 0.714. The zero-order valence-electron chi connectivity index (χ0n) is 5.15. The summed E-state index contributed by atoms with van der Waals surface area (Å²) in [4.78, 5) is 0. The number of halogens is 1. The first-order valence-electron chi connectivity index (χ1n) is 3.13. The fourth-order valence-corrected chi connectivity index (χ4v) is 0.933. The molecular weight excluding hydrogens is 103 g/mol. The Bertz CT molecular complexity index is 105. The van der Waals surface area contributed by atoms with Crippen LogP contribution in [0.15, 0.2) is 11.9 Å². The zero-order valence-corrected chi connectivity index (χ0v) is 5.15. The molecule has 0 N–H and O–H groups in total. The van der Waals surface area contributed by atoms with E-state index in [2.05, 4.69) is 6.92 Å². The van der Waals surface area contributed by atoms with Crippen molar-refractivity contribution < 1.29 is 4.39 Å². The van der Waals surface area contributed by atoms with E-state index in [9.17, 15) is 4.39 Å². The average molecular weight is 114 g/mol. The molecule has 46 valence electrons. The highest BCUT2D eigenvalue weighted by Crippen LogP contribution is 2.22. The lowest BCUT2D eigenvalue weighted by Gasteiger charge is -2.12. The third-order valence-electron chi connectivity index (χ3n) is 1.62. The van der Waals surface area contributed by atoms with Gasteiger partial charge in [0.1, 0.15) is 0 Å². The highest BCUT2D eigenvalue weighted by Gasteiger charge is 2.07. The standard InChI is InChI=1S/C7H11F/c1-6-2-4-7(8)5-3-6/h4,6H,2-3,5H2,1H3. The van der Waals surface area contributed by atoms with Gasteiger partial charge in [0.05, 0.1) is 5.83 Å². The summed E-state index contributed by atoms with van der Waals surface area (Å²) in [5.41, 5.74) is 0. The van der Waals surface area contributed by atoms with Gasteiger partial charge in [0, 0.05) is 0 Å². The van der Waals surface area contributed by atoms with Crippen molar-refractivity contribution in [1.29, 1.82) is 0 Å². The third-order valence-corrected chi connectivity index (χ3v) is 1.62. The Hall–Kier alpha value is -0.330. The van der Waals surface area contributed by atoms with Gasteiger partial charge >= 0.3 is 0 Å². The highest BCUT2D eigenvalue weighted by atomic mass is 19.1. The molecule has 0 heterocycles. The van der Waals surface area contributed by atoms with E-state index in [1.165, 1.54) is 0 Å². The maximum atomic E-state index is 12.2. The summed E-state index contributed by atoms with van der Waals surface area (Å²) < 4.78 is 12.2. The van der Waals surface area contributed by atoms with Gasteiger partial charge in [0.2, 0.25) is 0 Å². The lowest BCUT2D eigenvalue weighted by Crippen LogP contribution is -1.98. The van der Waals surface area contributed by atoms with Crippen molar-refractivity contribution in [1.82, 2.24) is 0 Å². The smallest absolute Gasteiger partial charge is 0.0960 e. The van der Waals surface area contributed by atoms with Crippen molar-refractivity contribution in [2.75, 3.05) is 0 Å². The van der Waals surface area contributed by atoms with E-state index < -0.39 is 0 Å². The van der Waals surface area contributed by atoms with E-state index in [4.69, 9.17) is 0 Å². The molecule has 1 rings (SSSR count). The summed E-state index contributed by atoms with van der Waals surface area (Å²) in [5, 5.41) is 0. The van der Waals surface area contributed by atoms with Gasteiger partial charge in [-0.15, -0.1) is 0 Å². The Kier molecular flexibility index (Phi) is 1.66. The van der Waals surface area contributed by atoms with Crippen LogP contribution in [0.25, 0.3) is 0 Å². The SMILES string of the molecule is CC1CC=C(F)CC1. The van der Waals surface area contributed by atoms with E-state index >= 15 is 0 Å². The summed E-state index contributed by atoms with van der Waals surface area (Å²) in [6.07, 6.45) is 4.34. The zero-order chi connectivity index (χ0) is 5.98. The molecule has 0 saturated heterocycles. The number of hydrogen-bond acceptors (Lipinski definition) is 0. The van der Waals surface area contributed by atoms with Gasteiger partial charge in [-0.2, -0.15) is 0 Å². The minimum atomic E-state index is 0.0862. The predicted molar refractivity (Wildman–Crippen MR) is 32.2 cm³/mol. The van der Waals surface area contributed by atoms with Crippen molar-refractivity contribution in [3.8, 4) is 0 Å². The van der Waals surface area contributed by atoms with Crippen LogP contribution < -0.4 is 0 Å². The molecule has 0 aromatic rings. The molecule has 0 aromatic heterocycles. The van der Waals surface area contributed by atoms with Crippen molar-refractivity contribution in [3.63, 3.8) is 0 Å². The number of hydrogen-bond donors (Lipinski definition) is 0. The van der Waals surface area contributed by atoms with Crippen LogP contribution in [0.2, 0.25) is 0 Å². The first-order chi connectivity index (χ1) is 3.79. The van der Waals surface area contributed by atoms with E-state index in [1.807, 2.05) is 0 Å². The maximum Gasteiger partial charge on any atom is 0.0960 e. The van der Waals surface area contributed by atoms with E-state index in [-0.39, 0.29) is 5.83 Å². The van der Waals surface area contributed by atoms with Crippen LogP contribution in [0.4, 0.5) is 4.39 Å². The number of rotatable bonds is 0. The summed E-state index contributed by atoms with van der Waals surface area (Å²) in [7, 11) is 0. The van der Waals surface area contributed by atoms with Gasteiger partial charge in [0.25, 0.3) is 0 Å². The Balaban J connectivity index is 2.42. The first-order valence-corrected chi connectivity index (χ1v) is 3.13. The van der Waals surface area contributed by atoms with Gasteiger partial charge < -0.3 is 0 Å². The summed E-state index contributed by atoms with van der Waals surface area (Å²) in [6.45, 7) is 2.16. The minimum Gasteiger partial charge on any atom is -0.212 e. The molecule has 8 heavy (non-hydrogen) atoms. The second kappa shape index (κ2) is 2.29. The van der Waals surface area contributed by atoms with Crippen molar-refractivity contribution in [2.24, 2.45) is 5.92 Å². The van der Waals surface area contributed by atoms with Gasteiger partial charge in [-0.1, -0.05) is 13.0 Å². The van der Waals surface area contributed by atoms with Crippen LogP contribution in [0.1, 0.15) is 26.2 Å². The molecule has 1 atom stereocenters. The molecule has 0 fully saturated rings. The molecule has 1 unspecified atom stereocenters. The fourth-order valence-electron chi connectivity index (χ4n) is 0.933. The molecule has 1 aliphatic rings. The van der Waals surface area contributed by atoms with Gasteiger partial charge in [-0.3, -0.25) is 0 Å². The van der Waals surface area contributed by atoms with Crippen LogP contribution >= 0.6 is 0 Å². The van der Waals surface area contributed by atoms with E-state index in [0.717, 1.165) is 12.8 Å². The monoisotopic (exact) mass is 114 g/mol. The topological polar surface area (TPSA) is 0 Å². The minimum absolute atomic E-state index is 0.0862. The first kappa shape index (κ1) is 5.80. The number of allylic oxidation sites excluding steroid dienone is 2. The second-order valence-electron chi connectivity index (χ2n) is 2.53. The van der Waals surface area contributed by atoms with E-state index in [0.29, 0.717) is 12.3 Å². The van der Waals surface area contributed by atoms with Crippen molar-refractivity contribution in [2.45, 2.75) is 26.2 Å². The molecular formula is C7H11F. The lowest BCUT2D eigenvalue weighted by molar-refractivity contribution is 0.451. The van der Waals surface area contributed by atoms with Gasteiger partial charge in [0.15, 0.2) is 0 Å². The van der Waals surface area contributed by atoms with Gasteiger partial charge in [-0.05, 0) is 25.2 Å².